The normalized spacial score (nSPS) is 15.2. The van der Waals surface area contributed by atoms with Crippen molar-refractivity contribution in [1.82, 2.24) is 0 Å². The summed E-state index contributed by atoms with van der Waals surface area (Å²) in [5, 5.41) is 0. The van der Waals surface area contributed by atoms with Crippen LogP contribution < -0.4 is 0 Å². The van der Waals surface area contributed by atoms with E-state index >= 15 is 0 Å². The van der Waals surface area contributed by atoms with Crippen LogP contribution in [-0.2, 0) is 14.2 Å². The first-order chi connectivity index (χ1) is 7.18. The highest BCUT2D eigenvalue weighted by atomic mass is 127. The largest absolute Gasteiger partial charge is 0.382 e. The third-order valence-corrected chi connectivity index (χ3v) is 4.06. The zero-order valence-electron chi connectivity index (χ0n) is 9.43. The first-order valence-corrected chi connectivity index (χ1v) is 7.07. The molecule has 92 valence electrons. The molecule has 0 aliphatic rings. The second-order valence-corrected chi connectivity index (χ2v) is 4.55. The van der Waals surface area contributed by atoms with E-state index in [9.17, 15) is 0 Å². The molecule has 0 heterocycles. The highest BCUT2D eigenvalue weighted by Crippen LogP contribution is 2.16. The summed E-state index contributed by atoms with van der Waals surface area (Å²) in [4.78, 5) is 0. The van der Waals surface area contributed by atoms with E-state index in [0.29, 0.717) is 32.3 Å². The minimum Gasteiger partial charge on any atom is -0.382 e. The van der Waals surface area contributed by atoms with Crippen LogP contribution >= 0.6 is 34.2 Å². The maximum absolute atomic E-state index is 5.81. The Kier molecular flexibility index (Phi) is 10.7. The molecule has 0 aromatic carbocycles. The van der Waals surface area contributed by atoms with Gasteiger partial charge in [0.2, 0.25) is 0 Å². The lowest BCUT2D eigenvalue weighted by atomic mass is 10.2. The van der Waals surface area contributed by atoms with Crippen LogP contribution in [0, 0.1) is 0 Å². The van der Waals surface area contributed by atoms with Crippen molar-refractivity contribution in [3.8, 4) is 0 Å². The molecule has 0 saturated carbocycles. The highest BCUT2D eigenvalue weighted by Gasteiger charge is 2.21. The third kappa shape index (κ3) is 8.68. The van der Waals surface area contributed by atoms with Crippen LogP contribution in [-0.4, -0.2) is 49.4 Å². The van der Waals surface area contributed by atoms with Gasteiger partial charge in [0.15, 0.2) is 0 Å². The van der Waals surface area contributed by atoms with Gasteiger partial charge in [0.25, 0.3) is 0 Å². The van der Waals surface area contributed by atoms with Crippen LogP contribution in [0.2, 0.25) is 0 Å². The summed E-state index contributed by atoms with van der Waals surface area (Å²) in [7, 11) is 1.67. The molecule has 0 aromatic rings. The van der Waals surface area contributed by atoms with Gasteiger partial charge in [-0.3, -0.25) is 0 Å². The first kappa shape index (κ1) is 15.9. The maximum atomic E-state index is 5.81. The van der Waals surface area contributed by atoms with Crippen LogP contribution in [0.1, 0.15) is 13.3 Å². The van der Waals surface area contributed by atoms with Gasteiger partial charge in [-0.15, -0.1) is 11.6 Å². The van der Waals surface area contributed by atoms with Crippen molar-refractivity contribution < 1.29 is 14.2 Å². The van der Waals surface area contributed by atoms with E-state index in [1.54, 1.807) is 7.11 Å². The Morgan fingerprint density at radius 2 is 1.93 bits per heavy atom. The van der Waals surface area contributed by atoms with Gasteiger partial charge in [0.1, 0.15) is 0 Å². The predicted octanol–water partition coefficient (Wildman–Crippen LogP) is 2.49. The average Bonchev–Trinajstić information content (AvgIpc) is 2.27. The molecule has 0 aliphatic heterocycles. The molecule has 0 aliphatic carbocycles. The van der Waals surface area contributed by atoms with Gasteiger partial charge >= 0.3 is 0 Å². The SMILES string of the molecule is COCCOCCCOC(C)(CCl)CI. The Hall–Kier alpha value is 0.900. The standard InChI is InChI=1S/C10H20ClIO3/c1-10(8-11,9-12)15-5-3-4-14-7-6-13-2/h3-9H2,1-2H3. The van der Waals surface area contributed by atoms with E-state index in [1.807, 2.05) is 6.92 Å². The Morgan fingerprint density at radius 3 is 2.47 bits per heavy atom. The fourth-order valence-corrected chi connectivity index (χ4v) is 1.82. The summed E-state index contributed by atoms with van der Waals surface area (Å²) in [5.74, 6) is 0.528. The van der Waals surface area contributed by atoms with E-state index in [4.69, 9.17) is 25.8 Å². The van der Waals surface area contributed by atoms with E-state index in [1.165, 1.54) is 0 Å². The molecule has 0 radical (unpaired) electrons. The molecule has 1 atom stereocenters. The number of hydrogen-bond acceptors (Lipinski definition) is 3. The van der Waals surface area contributed by atoms with Crippen molar-refractivity contribution in [1.29, 1.82) is 0 Å². The summed E-state index contributed by atoms with van der Waals surface area (Å²) in [6, 6.07) is 0. The topological polar surface area (TPSA) is 27.7 Å². The quantitative estimate of drug-likeness (QED) is 0.344. The van der Waals surface area contributed by atoms with Gasteiger partial charge in [-0.1, -0.05) is 22.6 Å². The molecule has 0 fully saturated rings. The lowest BCUT2D eigenvalue weighted by Crippen LogP contribution is -2.33. The maximum Gasteiger partial charge on any atom is 0.0878 e. The van der Waals surface area contributed by atoms with Gasteiger partial charge in [0, 0.05) is 24.8 Å². The lowest BCUT2D eigenvalue weighted by Gasteiger charge is -2.25. The number of alkyl halides is 2. The van der Waals surface area contributed by atoms with Gasteiger partial charge in [-0.05, 0) is 13.3 Å². The summed E-state index contributed by atoms with van der Waals surface area (Å²) in [6.07, 6.45) is 0.896. The van der Waals surface area contributed by atoms with Crippen molar-refractivity contribution in [2.45, 2.75) is 18.9 Å². The third-order valence-electron chi connectivity index (χ3n) is 1.88. The van der Waals surface area contributed by atoms with Crippen molar-refractivity contribution in [3.63, 3.8) is 0 Å². The molecule has 0 rings (SSSR count). The van der Waals surface area contributed by atoms with Crippen LogP contribution in [0.4, 0.5) is 0 Å². The Morgan fingerprint density at radius 1 is 1.20 bits per heavy atom. The molecule has 5 heteroatoms. The molecular formula is C10H20ClIO3. The molecule has 0 spiro atoms. The van der Waals surface area contributed by atoms with E-state index in [-0.39, 0.29) is 5.60 Å². The molecule has 0 N–H and O–H groups in total. The van der Waals surface area contributed by atoms with Crippen LogP contribution in [0.25, 0.3) is 0 Å². The fourth-order valence-electron chi connectivity index (χ4n) is 0.837. The predicted molar refractivity (Wildman–Crippen MR) is 71.3 cm³/mol. The number of ether oxygens (including phenoxy) is 3. The van der Waals surface area contributed by atoms with Crippen molar-refractivity contribution in [2.75, 3.05) is 43.8 Å². The van der Waals surface area contributed by atoms with Crippen LogP contribution in [0.3, 0.4) is 0 Å². The van der Waals surface area contributed by atoms with Gasteiger partial charge < -0.3 is 14.2 Å². The van der Waals surface area contributed by atoms with Gasteiger partial charge in [-0.25, -0.2) is 0 Å². The molecule has 0 amide bonds. The molecule has 0 aromatic heterocycles. The van der Waals surface area contributed by atoms with Gasteiger partial charge in [-0.2, -0.15) is 0 Å². The number of methoxy groups -OCH3 is 1. The highest BCUT2D eigenvalue weighted by molar-refractivity contribution is 14.1. The van der Waals surface area contributed by atoms with Crippen LogP contribution in [0.15, 0.2) is 0 Å². The summed E-state index contributed by atoms with van der Waals surface area (Å²) < 4.78 is 16.8. The average molecular weight is 351 g/mol. The molecular weight excluding hydrogens is 330 g/mol. The number of halogens is 2. The van der Waals surface area contributed by atoms with E-state index in [2.05, 4.69) is 22.6 Å². The van der Waals surface area contributed by atoms with E-state index < -0.39 is 0 Å². The second-order valence-electron chi connectivity index (χ2n) is 3.52. The number of hydrogen-bond donors (Lipinski definition) is 0. The zero-order valence-corrected chi connectivity index (χ0v) is 12.3. The minimum atomic E-state index is -0.200. The zero-order chi connectivity index (χ0) is 11.6. The first-order valence-electron chi connectivity index (χ1n) is 5.01. The van der Waals surface area contributed by atoms with E-state index in [0.717, 1.165) is 10.8 Å². The monoisotopic (exact) mass is 350 g/mol. The Labute approximate surface area is 111 Å². The summed E-state index contributed by atoms with van der Waals surface area (Å²) >= 11 is 8.10. The molecule has 1 unspecified atom stereocenters. The summed E-state index contributed by atoms with van der Waals surface area (Å²) in [6.45, 7) is 4.73. The van der Waals surface area contributed by atoms with Crippen molar-refractivity contribution >= 4 is 34.2 Å². The molecule has 0 bridgehead atoms. The fraction of sp³-hybridized carbons (Fsp3) is 1.00. The second kappa shape index (κ2) is 10.1. The Balaban J connectivity index is 3.29. The molecule has 3 nitrogen and oxygen atoms in total. The number of rotatable bonds is 10. The minimum absolute atomic E-state index is 0.200. The molecule has 15 heavy (non-hydrogen) atoms. The van der Waals surface area contributed by atoms with Gasteiger partial charge in [0.05, 0.1) is 24.7 Å². The Bertz CT molecular complexity index is 143. The summed E-state index contributed by atoms with van der Waals surface area (Å²) in [5.41, 5.74) is -0.200. The lowest BCUT2D eigenvalue weighted by molar-refractivity contribution is -0.00973. The van der Waals surface area contributed by atoms with Crippen LogP contribution in [0.5, 0.6) is 0 Å². The molecule has 0 saturated heterocycles. The van der Waals surface area contributed by atoms with Crippen molar-refractivity contribution in [2.24, 2.45) is 0 Å². The van der Waals surface area contributed by atoms with Crippen molar-refractivity contribution in [3.05, 3.63) is 0 Å². The smallest absolute Gasteiger partial charge is 0.0878 e.